The van der Waals surface area contributed by atoms with Crippen molar-refractivity contribution in [3.05, 3.63) is 46.8 Å². The van der Waals surface area contributed by atoms with Crippen LogP contribution in [0.5, 0.6) is 0 Å². The summed E-state index contributed by atoms with van der Waals surface area (Å²) in [5, 5.41) is 20.4. The van der Waals surface area contributed by atoms with Gasteiger partial charge in [0.05, 0.1) is 38.1 Å². The van der Waals surface area contributed by atoms with Crippen LogP contribution in [0, 0.1) is 17.2 Å². The number of halogens is 1. The third-order valence-corrected chi connectivity index (χ3v) is 7.77. The fourth-order valence-corrected chi connectivity index (χ4v) is 5.73. The molecule has 5 rings (SSSR count). The molecule has 1 aromatic carbocycles. The Morgan fingerprint density at radius 3 is 2.88 bits per heavy atom. The summed E-state index contributed by atoms with van der Waals surface area (Å²) in [6.45, 7) is 6.86. The summed E-state index contributed by atoms with van der Waals surface area (Å²) in [6.07, 6.45) is 2.01. The van der Waals surface area contributed by atoms with Crippen LogP contribution in [0.1, 0.15) is 62.4 Å². The second-order valence-electron chi connectivity index (χ2n) is 11.5. The van der Waals surface area contributed by atoms with Gasteiger partial charge in [0, 0.05) is 31.8 Å². The maximum absolute atomic E-state index is 14.5. The predicted octanol–water partition coefficient (Wildman–Crippen LogP) is 1.84. The lowest BCUT2D eigenvalue weighted by molar-refractivity contribution is -0.135. The van der Waals surface area contributed by atoms with Gasteiger partial charge in [-0.05, 0) is 43.9 Å². The number of benzene rings is 1. The summed E-state index contributed by atoms with van der Waals surface area (Å²) in [6, 6.07) is 6.21. The normalized spacial score (nSPS) is 25.8. The second-order valence-corrected chi connectivity index (χ2v) is 11.5. The number of hydrogen-bond acceptors (Lipinski definition) is 7. The minimum absolute atomic E-state index is 0.0241. The number of carbonyl (C=O) groups is 3. The molecule has 0 radical (unpaired) electrons. The molecule has 3 aliphatic heterocycles. The van der Waals surface area contributed by atoms with E-state index in [0.29, 0.717) is 26.2 Å². The smallest absolute Gasteiger partial charge is 0.246 e. The first-order valence-corrected chi connectivity index (χ1v) is 13.6. The Labute approximate surface area is 232 Å². The van der Waals surface area contributed by atoms with Crippen LogP contribution in [-0.2, 0) is 45.4 Å². The highest BCUT2D eigenvalue weighted by molar-refractivity contribution is 5.94. The molecule has 1 unspecified atom stereocenters. The van der Waals surface area contributed by atoms with Crippen molar-refractivity contribution >= 4 is 17.7 Å². The molecular formula is C28H34FN7O4. The van der Waals surface area contributed by atoms with Gasteiger partial charge in [-0.25, -0.2) is 9.07 Å². The van der Waals surface area contributed by atoms with Gasteiger partial charge < -0.3 is 19.9 Å². The number of alkyl halides is 1. The SMILES string of the molecule is CC(C)OCc1cn(Cc2cccc3c2CN(C(=O)C[C@@H]2C[C@@H](C(=O)N4CC(C)(F)C[C@H]4C#N)NC2=O)C3)nn1. The number of nitriles is 1. The molecule has 2 fully saturated rings. The van der Waals surface area contributed by atoms with Gasteiger partial charge in [0.2, 0.25) is 17.7 Å². The molecule has 4 heterocycles. The van der Waals surface area contributed by atoms with Gasteiger partial charge in [-0.1, -0.05) is 23.4 Å². The van der Waals surface area contributed by atoms with Gasteiger partial charge in [-0.2, -0.15) is 5.26 Å². The minimum Gasteiger partial charge on any atom is -0.372 e. The quantitative estimate of drug-likeness (QED) is 0.529. The molecule has 0 aliphatic carbocycles. The Morgan fingerprint density at radius 2 is 2.12 bits per heavy atom. The molecule has 2 saturated heterocycles. The van der Waals surface area contributed by atoms with Gasteiger partial charge in [-0.3, -0.25) is 14.4 Å². The largest absolute Gasteiger partial charge is 0.372 e. The Bertz CT molecular complexity index is 1350. The summed E-state index contributed by atoms with van der Waals surface area (Å²) in [4.78, 5) is 41.9. The summed E-state index contributed by atoms with van der Waals surface area (Å²) in [7, 11) is 0. The molecule has 0 bridgehead atoms. The van der Waals surface area contributed by atoms with Crippen molar-refractivity contribution in [3.63, 3.8) is 0 Å². The van der Waals surface area contributed by atoms with E-state index < -0.39 is 29.6 Å². The monoisotopic (exact) mass is 551 g/mol. The van der Waals surface area contributed by atoms with E-state index in [1.54, 1.807) is 9.58 Å². The van der Waals surface area contributed by atoms with Crippen molar-refractivity contribution in [2.45, 2.75) is 90.1 Å². The molecule has 11 nitrogen and oxygen atoms in total. The number of ether oxygens (including phenoxy) is 1. The molecule has 212 valence electrons. The van der Waals surface area contributed by atoms with Gasteiger partial charge in [0.25, 0.3) is 0 Å². The van der Waals surface area contributed by atoms with Gasteiger partial charge in [0.15, 0.2) is 0 Å². The topological polar surface area (TPSA) is 133 Å². The minimum atomic E-state index is -1.64. The maximum Gasteiger partial charge on any atom is 0.246 e. The van der Waals surface area contributed by atoms with E-state index in [1.807, 2.05) is 44.3 Å². The van der Waals surface area contributed by atoms with E-state index in [2.05, 4.69) is 15.6 Å². The highest BCUT2D eigenvalue weighted by atomic mass is 19.1. The number of nitrogens with one attached hydrogen (secondary N) is 1. The molecular weight excluding hydrogens is 517 g/mol. The number of rotatable bonds is 8. The number of fused-ring (bicyclic) bond motifs is 1. The first kappa shape index (κ1) is 27.7. The van der Waals surface area contributed by atoms with E-state index in [9.17, 15) is 24.0 Å². The van der Waals surface area contributed by atoms with E-state index in [1.165, 1.54) is 11.8 Å². The number of carbonyl (C=O) groups excluding carboxylic acids is 3. The molecule has 12 heteroatoms. The molecule has 3 aliphatic rings. The van der Waals surface area contributed by atoms with Crippen molar-refractivity contribution in [1.82, 2.24) is 30.1 Å². The number of aromatic nitrogens is 3. The van der Waals surface area contributed by atoms with Crippen molar-refractivity contribution in [2.24, 2.45) is 5.92 Å². The summed E-state index contributed by atoms with van der Waals surface area (Å²) in [5.41, 5.74) is 2.24. The third kappa shape index (κ3) is 5.84. The Kier molecular flexibility index (Phi) is 7.59. The highest BCUT2D eigenvalue weighted by Crippen LogP contribution is 2.33. The van der Waals surface area contributed by atoms with Crippen molar-refractivity contribution in [1.29, 1.82) is 5.26 Å². The maximum atomic E-state index is 14.5. The molecule has 0 spiro atoms. The fraction of sp³-hybridized carbons (Fsp3) is 0.571. The lowest BCUT2D eigenvalue weighted by Gasteiger charge is -2.23. The molecule has 2 aromatic rings. The number of likely N-dealkylation sites (tertiary alicyclic amines) is 1. The van der Waals surface area contributed by atoms with E-state index in [4.69, 9.17) is 4.74 Å². The second kappa shape index (κ2) is 11.0. The van der Waals surface area contributed by atoms with Crippen LogP contribution >= 0.6 is 0 Å². The Hall–Kier alpha value is -3.85. The first-order valence-electron chi connectivity index (χ1n) is 13.6. The zero-order valence-electron chi connectivity index (χ0n) is 23.0. The number of nitrogens with zero attached hydrogens (tertiary/aromatic N) is 6. The average molecular weight is 552 g/mol. The molecule has 0 saturated carbocycles. The molecule has 1 aromatic heterocycles. The zero-order valence-corrected chi connectivity index (χ0v) is 23.0. The first-order chi connectivity index (χ1) is 19.0. The van der Waals surface area contributed by atoms with Crippen molar-refractivity contribution in [2.75, 3.05) is 6.54 Å². The van der Waals surface area contributed by atoms with Crippen molar-refractivity contribution in [3.8, 4) is 6.07 Å². The zero-order chi connectivity index (χ0) is 28.6. The van der Waals surface area contributed by atoms with Gasteiger partial charge in [-0.15, -0.1) is 5.10 Å². The van der Waals surface area contributed by atoms with Crippen LogP contribution in [0.3, 0.4) is 0 Å². The lowest BCUT2D eigenvalue weighted by atomic mass is 9.99. The van der Waals surface area contributed by atoms with E-state index in [0.717, 1.165) is 22.4 Å². The van der Waals surface area contributed by atoms with Crippen LogP contribution < -0.4 is 5.32 Å². The van der Waals surface area contributed by atoms with Gasteiger partial charge >= 0.3 is 0 Å². The van der Waals surface area contributed by atoms with Crippen LogP contribution in [-0.4, -0.2) is 72.9 Å². The molecule has 3 amide bonds. The summed E-state index contributed by atoms with van der Waals surface area (Å²) >= 11 is 0. The van der Waals surface area contributed by atoms with Crippen molar-refractivity contribution < 1.29 is 23.5 Å². The van der Waals surface area contributed by atoms with Crippen LogP contribution in [0.4, 0.5) is 4.39 Å². The Balaban J connectivity index is 1.18. The highest BCUT2D eigenvalue weighted by Gasteiger charge is 2.47. The average Bonchev–Trinajstić information content (AvgIpc) is 3.68. The van der Waals surface area contributed by atoms with Crippen LogP contribution in [0.25, 0.3) is 0 Å². The standard InChI is InChI=1S/C28H34FN7O4/c1-17(2)40-15-21-13-35(33-32-21)12-19-6-4-5-18-11-34(14-23(18)19)25(37)8-20-7-24(31-26(20)38)27(39)36-16-28(3,29)9-22(36)10-30/h4-6,13,17,20,22,24H,7-9,11-12,14-16H2,1-3H3,(H,31,38)/t20-,22-,24-,28?/m0/s1. The summed E-state index contributed by atoms with van der Waals surface area (Å²) in [5.74, 6) is -1.67. The Morgan fingerprint density at radius 1 is 1.32 bits per heavy atom. The molecule has 40 heavy (non-hydrogen) atoms. The fourth-order valence-electron chi connectivity index (χ4n) is 5.73. The predicted molar refractivity (Wildman–Crippen MR) is 140 cm³/mol. The van der Waals surface area contributed by atoms with Crippen LogP contribution in [0.2, 0.25) is 0 Å². The third-order valence-electron chi connectivity index (χ3n) is 7.77. The lowest BCUT2D eigenvalue weighted by Crippen LogP contribution is -2.46. The van der Waals surface area contributed by atoms with E-state index in [-0.39, 0.29) is 43.7 Å². The van der Waals surface area contributed by atoms with E-state index >= 15 is 0 Å². The van der Waals surface area contributed by atoms with Crippen LogP contribution in [0.15, 0.2) is 24.4 Å². The molecule has 4 atom stereocenters. The number of hydrogen-bond donors (Lipinski definition) is 1. The van der Waals surface area contributed by atoms with Gasteiger partial charge in [0.1, 0.15) is 23.4 Å². The number of amides is 3. The molecule has 1 N–H and O–H groups in total. The summed E-state index contributed by atoms with van der Waals surface area (Å²) < 4.78 is 21.8.